The maximum atomic E-state index is 12.8. The second-order valence-corrected chi connectivity index (χ2v) is 11.0. The van der Waals surface area contributed by atoms with Crippen LogP contribution in [0.2, 0.25) is 0 Å². The summed E-state index contributed by atoms with van der Waals surface area (Å²) in [4.78, 5) is 25.2. The lowest BCUT2D eigenvalue weighted by Gasteiger charge is -2.16. The monoisotopic (exact) mass is 583 g/mol. The lowest BCUT2D eigenvalue weighted by Crippen LogP contribution is -2.13. The van der Waals surface area contributed by atoms with Crippen molar-refractivity contribution in [1.82, 2.24) is 0 Å². The Hall–Kier alpha value is -4.11. The normalized spacial score (nSPS) is 11.4. The van der Waals surface area contributed by atoms with Gasteiger partial charge in [0.1, 0.15) is 17.6 Å². The van der Waals surface area contributed by atoms with E-state index in [9.17, 15) is 14.9 Å². The summed E-state index contributed by atoms with van der Waals surface area (Å²) in [5.74, 6) is 0.0114. The number of rotatable bonds is 18. The van der Waals surface area contributed by atoms with Crippen molar-refractivity contribution >= 4 is 11.9 Å². The molecule has 0 unspecified atom stereocenters. The Bertz CT molecular complexity index is 1320. The maximum absolute atomic E-state index is 12.8. The predicted octanol–water partition coefficient (Wildman–Crippen LogP) is 9.70. The molecule has 0 spiro atoms. The Morgan fingerprint density at radius 3 is 1.95 bits per heavy atom. The van der Waals surface area contributed by atoms with E-state index in [0.717, 1.165) is 36.8 Å². The van der Waals surface area contributed by atoms with Gasteiger partial charge in [0, 0.05) is 0 Å². The topological polar surface area (TPSA) is 85.6 Å². The van der Waals surface area contributed by atoms with Gasteiger partial charge in [0.15, 0.2) is 0 Å². The molecular formula is C37H45NO5. The summed E-state index contributed by atoms with van der Waals surface area (Å²) < 4.78 is 17.0. The summed E-state index contributed by atoms with van der Waals surface area (Å²) in [5.41, 5.74) is 2.96. The molecule has 1 atom stereocenters. The van der Waals surface area contributed by atoms with Crippen LogP contribution in [0.1, 0.15) is 118 Å². The highest BCUT2D eigenvalue weighted by atomic mass is 16.5. The highest BCUT2D eigenvalue weighted by Crippen LogP contribution is 2.26. The third kappa shape index (κ3) is 11.2. The van der Waals surface area contributed by atoms with Crippen LogP contribution in [0.5, 0.6) is 11.5 Å². The molecule has 0 radical (unpaired) electrons. The molecule has 0 aliphatic heterocycles. The Balaban J connectivity index is 1.51. The maximum Gasteiger partial charge on any atom is 0.343 e. The third-order valence-electron chi connectivity index (χ3n) is 7.38. The van der Waals surface area contributed by atoms with E-state index < -0.39 is 5.97 Å². The Kier molecular flexibility index (Phi) is 14.3. The van der Waals surface area contributed by atoms with Gasteiger partial charge in [0.2, 0.25) is 0 Å². The zero-order valence-electron chi connectivity index (χ0n) is 25.9. The van der Waals surface area contributed by atoms with Crippen LogP contribution in [0, 0.1) is 11.3 Å². The molecule has 0 amide bonds. The van der Waals surface area contributed by atoms with E-state index in [-0.39, 0.29) is 17.6 Å². The minimum absolute atomic E-state index is 0.0137. The molecule has 0 saturated carbocycles. The number of ether oxygens (including phenoxy) is 3. The molecule has 6 nitrogen and oxygen atoms in total. The fourth-order valence-electron chi connectivity index (χ4n) is 4.79. The number of unbranched alkanes of at least 4 members (excludes halogenated alkanes) is 8. The van der Waals surface area contributed by atoms with E-state index in [0.29, 0.717) is 29.2 Å². The van der Waals surface area contributed by atoms with E-state index in [1.54, 1.807) is 36.4 Å². The zero-order valence-corrected chi connectivity index (χ0v) is 25.9. The number of nitriles is 1. The van der Waals surface area contributed by atoms with Crippen molar-refractivity contribution in [3.8, 4) is 28.7 Å². The van der Waals surface area contributed by atoms with Gasteiger partial charge in [0.05, 0.1) is 29.4 Å². The van der Waals surface area contributed by atoms with Gasteiger partial charge >= 0.3 is 11.9 Å². The quantitative estimate of drug-likeness (QED) is 0.0842. The molecule has 0 N–H and O–H groups in total. The van der Waals surface area contributed by atoms with Crippen LogP contribution in [0.25, 0.3) is 11.1 Å². The fraction of sp³-hybridized carbons (Fsp3) is 0.432. The minimum atomic E-state index is -0.549. The molecular weight excluding hydrogens is 538 g/mol. The molecule has 228 valence electrons. The Morgan fingerprint density at radius 1 is 0.721 bits per heavy atom. The van der Waals surface area contributed by atoms with Gasteiger partial charge in [-0.1, -0.05) is 89.5 Å². The highest BCUT2D eigenvalue weighted by molar-refractivity contribution is 5.92. The molecule has 0 fully saturated rings. The summed E-state index contributed by atoms with van der Waals surface area (Å²) >= 11 is 0. The fourth-order valence-corrected chi connectivity index (χ4v) is 4.79. The van der Waals surface area contributed by atoms with E-state index in [4.69, 9.17) is 14.2 Å². The number of hydrogen-bond donors (Lipinski definition) is 0. The van der Waals surface area contributed by atoms with E-state index in [1.165, 1.54) is 51.0 Å². The van der Waals surface area contributed by atoms with Crippen LogP contribution in [0.15, 0.2) is 66.7 Å². The van der Waals surface area contributed by atoms with Crippen LogP contribution in [-0.4, -0.2) is 24.6 Å². The second-order valence-electron chi connectivity index (χ2n) is 11.0. The number of hydrogen-bond acceptors (Lipinski definition) is 6. The van der Waals surface area contributed by atoms with Crippen molar-refractivity contribution in [3.05, 3.63) is 83.4 Å². The van der Waals surface area contributed by atoms with Crippen molar-refractivity contribution in [1.29, 1.82) is 5.26 Å². The van der Waals surface area contributed by atoms with Crippen molar-refractivity contribution in [3.63, 3.8) is 0 Å². The zero-order chi connectivity index (χ0) is 30.9. The number of nitrogens with zero attached hydrogens (tertiary/aromatic N) is 1. The first-order valence-electron chi connectivity index (χ1n) is 15.8. The van der Waals surface area contributed by atoms with Gasteiger partial charge in [0.25, 0.3) is 0 Å². The van der Waals surface area contributed by atoms with Crippen LogP contribution in [0.3, 0.4) is 0 Å². The molecule has 0 heterocycles. The largest absolute Gasteiger partial charge is 0.489 e. The van der Waals surface area contributed by atoms with Crippen molar-refractivity contribution in [2.75, 3.05) is 6.61 Å². The second kappa shape index (κ2) is 18.4. The summed E-state index contributed by atoms with van der Waals surface area (Å²) in [6, 6.07) is 21.4. The van der Waals surface area contributed by atoms with E-state index >= 15 is 0 Å². The molecule has 0 saturated heterocycles. The highest BCUT2D eigenvalue weighted by Gasteiger charge is 2.15. The number of esters is 2. The standard InChI is InChI=1S/C37H45NO5/c1-4-6-8-10-11-13-25-41-36(39)31-17-15-29(16-18-31)30-19-22-34(23-20-30)43-37(40)32-21-24-35(33(26-32)27-38)42-28(3)14-12-9-7-5-2/h15-24,26,28H,4-14,25H2,1-3H3/t28-/m1/s1. The predicted molar refractivity (Wildman–Crippen MR) is 171 cm³/mol. The Labute approximate surface area is 257 Å². The van der Waals surface area contributed by atoms with Gasteiger partial charge in [-0.25, -0.2) is 9.59 Å². The lowest BCUT2D eigenvalue weighted by atomic mass is 10.0. The van der Waals surface area contributed by atoms with Gasteiger partial charge in [-0.15, -0.1) is 0 Å². The molecule has 3 rings (SSSR count). The van der Waals surface area contributed by atoms with Crippen molar-refractivity contribution in [2.45, 2.75) is 97.5 Å². The molecule has 3 aromatic carbocycles. The lowest BCUT2D eigenvalue weighted by molar-refractivity contribution is 0.0497. The summed E-state index contributed by atoms with van der Waals surface area (Å²) in [6.45, 7) is 6.82. The van der Waals surface area contributed by atoms with Crippen LogP contribution >= 0.6 is 0 Å². The van der Waals surface area contributed by atoms with Gasteiger partial charge < -0.3 is 14.2 Å². The van der Waals surface area contributed by atoms with Crippen molar-refractivity contribution in [2.24, 2.45) is 0 Å². The average molecular weight is 584 g/mol. The third-order valence-corrected chi connectivity index (χ3v) is 7.38. The van der Waals surface area contributed by atoms with Gasteiger partial charge in [-0.05, 0) is 79.8 Å². The van der Waals surface area contributed by atoms with Crippen molar-refractivity contribution < 1.29 is 23.8 Å². The minimum Gasteiger partial charge on any atom is -0.489 e. The van der Waals surface area contributed by atoms with E-state index in [2.05, 4.69) is 19.9 Å². The molecule has 0 aromatic heterocycles. The first-order chi connectivity index (χ1) is 20.9. The van der Waals surface area contributed by atoms with Gasteiger partial charge in [-0.2, -0.15) is 5.26 Å². The molecule has 0 bridgehead atoms. The molecule has 43 heavy (non-hydrogen) atoms. The number of carbonyl (C=O) groups is 2. The van der Waals surface area contributed by atoms with Crippen LogP contribution in [0.4, 0.5) is 0 Å². The Morgan fingerprint density at radius 2 is 1.30 bits per heavy atom. The van der Waals surface area contributed by atoms with Crippen LogP contribution < -0.4 is 9.47 Å². The average Bonchev–Trinajstić information content (AvgIpc) is 3.03. The smallest absolute Gasteiger partial charge is 0.343 e. The van der Waals surface area contributed by atoms with E-state index in [1.807, 2.05) is 31.2 Å². The molecule has 0 aliphatic rings. The molecule has 6 heteroatoms. The first-order valence-corrected chi connectivity index (χ1v) is 15.8. The molecule has 3 aromatic rings. The van der Waals surface area contributed by atoms with Gasteiger partial charge in [-0.3, -0.25) is 0 Å². The summed E-state index contributed by atoms with van der Waals surface area (Å²) in [7, 11) is 0. The summed E-state index contributed by atoms with van der Waals surface area (Å²) in [5, 5.41) is 9.63. The number of benzene rings is 3. The first kappa shape index (κ1) is 33.4. The summed E-state index contributed by atoms with van der Waals surface area (Å²) in [6.07, 6.45) is 12.4. The SMILES string of the molecule is CCCCCCCCOC(=O)c1ccc(-c2ccc(OC(=O)c3ccc(O[C@H](C)CCCCCC)c(C#N)c3)cc2)cc1. The van der Waals surface area contributed by atoms with Crippen LogP contribution in [-0.2, 0) is 4.74 Å². The number of carbonyl (C=O) groups excluding carboxylic acids is 2. The molecule has 0 aliphatic carbocycles.